The average Bonchev–Trinajstić information content (AvgIpc) is 2.84. The van der Waals surface area contributed by atoms with Crippen LogP contribution in [0.1, 0.15) is 30.2 Å². The fourth-order valence-corrected chi connectivity index (χ4v) is 5.83. The number of nitrogens with two attached hydrogens (primary N) is 1. The second kappa shape index (κ2) is 6.34. The van der Waals surface area contributed by atoms with Gasteiger partial charge in [0.25, 0.3) is 0 Å². The topological polar surface area (TPSA) is 32.5 Å². The Kier molecular flexibility index (Phi) is 4.90. The molecule has 0 saturated carbocycles. The van der Waals surface area contributed by atoms with Gasteiger partial charge in [-0.15, -0.1) is 11.3 Å². The molecule has 112 valence electrons. The van der Waals surface area contributed by atoms with Gasteiger partial charge in [-0.2, -0.15) is 0 Å². The van der Waals surface area contributed by atoms with Gasteiger partial charge >= 0.3 is 0 Å². The molecule has 3 atom stereocenters. The number of hydrogen-bond donors (Lipinski definition) is 1. The predicted molar refractivity (Wildman–Crippen MR) is 92.3 cm³/mol. The molecular weight excluding hydrogens is 402 g/mol. The van der Waals surface area contributed by atoms with E-state index < -0.39 is 0 Å². The Morgan fingerprint density at radius 2 is 2.10 bits per heavy atom. The van der Waals surface area contributed by atoms with Crippen LogP contribution < -0.4 is 5.73 Å². The number of hydrogen-bond acceptors (Lipinski definition) is 4. The average molecular weight is 423 g/mol. The first-order valence-electron chi connectivity index (χ1n) is 7.21. The van der Waals surface area contributed by atoms with Crippen LogP contribution in [-0.2, 0) is 0 Å². The lowest BCUT2D eigenvalue weighted by molar-refractivity contribution is 0.177. The summed E-state index contributed by atoms with van der Waals surface area (Å²) in [5.41, 5.74) is 6.10. The third kappa shape index (κ3) is 2.88. The smallest absolute Gasteiger partial charge is 0.0843 e. The SMILES string of the molecule is CN1C2CCC1CN(C(CN)c1cc(Br)c(Br)s1)CC2. The molecule has 2 bridgehead atoms. The van der Waals surface area contributed by atoms with Crippen LogP contribution in [0.4, 0.5) is 0 Å². The van der Waals surface area contributed by atoms with Crippen molar-refractivity contribution >= 4 is 43.2 Å². The number of nitrogens with zero attached hydrogens (tertiary/aromatic N) is 2. The highest BCUT2D eigenvalue weighted by atomic mass is 79.9. The van der Waals surface area contributed by atoms with E-state index in [9.17, 15) is 0 Å². The molecule has 0 radical (unpaired) electrons. The van der Waals surface area contributed by atoms with Crippen LogP contribution in [0.3, 0.4) is 0 Å². The van der Waals surface area contributed by atoms with E-state index in [1.165, 1.54) is 34.5 Å². The van der Waals surface area contributed by atoms with Crippen LogP contribution in [0, 0.1) is 0 Å². The maximum atomic E-state index is 6.10. The van der Waals surface area contributed by atoms with Crippen molar-refractivity contribution < 1.29 is 0 Å². The third-order valence-electron chi connectivity index (χ3n) is 4.84. The molecule has 2 fully saturated rings. The molecule has 3 heterocycles. The van der Waals surface area contributed by atoms with Gasteiger partial charge in [0.15, 0.2) is 0 Å². The number of fused-ring (bicyclic) bond motifs is 2. The second-order valence-electron chi connectivity index (χ2n) is 5.86. The fraction of sp³-hybridized carbons (Fsp3) is 0.714. The molecule has 6 heteroatoms. The monoisotopic (exact) mass is 421 g/mol. The molecule has 0 amide bonds. The zero-order valence-electron chi connectivity index (χ0n) is 11.7. The summed E-state index contributed by atoms with van der Waals surface area (Å²) in [5, 5.41) is 0. The largest absolute Gasteiger partial charge is 0.329 e. The summed E-state index contributed by atoms with van der Waals surface area (Å²) in [6, 6.07) is 4.07. The molecule has 1 aromatic heterocycles. The van der Waals surface area contributed by atoms with Crippen LogP contribution in [0.2, 0.25) is 0 Å². The maximum absolute atomic E-state index is 6.10. The van der Waals surface area contributed by atoms with Gasteiger partial charge in [-0.1, -0.05) is 0 Å². The van der Waals surface area contributed by atoms with E-state index in [1.807, 2.05) is 0 Å². The second-order valence-corrected chi connectivity index (χ2v) is 9.11. The Balaban J connectivity index is 1.79. The number of likely N-dealkylation sites (tertiary alicyclic amines) is 1. The lowest BCUT2D eigenvalue weighted by atomic mass is 10.1. The first-order chi connectivity index (χ1) is 9.60. The molecule has 0 aromatic carbocycles. The molecule has 2 aliphatic heterocycles. The van der Waals surface area contributed by atoms with Gasteiger partial charge in [-0.3, -0.25) is 9.80 Å². The summed E-state index contributed by atoms with van der Waals surface area (Å²) < 4.78 is 2.31. The van der Waals surface area contributed by atoms with E-state index in [0.29, 0.717) is 18.6 Å². The highest BCUT2D eigenvalue weighted by Crippen LogP contribution is 2.39. The first kappa shape index (κ1) is 15.4. The number of halogens is 2. The molecule has 2 saturated heterocycles. The minimum atomic E-state index is 0.357. The summed E-state index contributed by atoms with van der Waals surface area (Å²) >= 11 is 8.99. The van der Waals surface area contributed by atoms with Crippen LogP contribution in [0.25, 0.3) is 0 Å². The normalized spacial score (nSPS) is 29.6. The minimum Gasteiger partial charge on any atom is -0.329 e. The number of likely N-dealkylation sites (N-methyl/N-ethyl adjacent to an activating group) is 1. The Morgan fingerprint density at radius 1 is 1.35 bits per heavy atom. The van der Waals surface area contributed by atoms with E-state index in [1.54, 1.807) is 11.3 Å². The van der Waals surface area contributed by atoms with Crippen molar-refractivity contribution in [1.82, 2.24) is 9.80 Å². The van der Waals surface area contributed by atoms with E-state index in [4.69, 9.17) is 5.73 Å². The minimum absolute atomic E-state index is 0.357. The van der Waals surface area contributed by atoms with Crippen molar-refractivity contribution in [1.29, 1.82) is 0 Å². The molecular formula is C14H21Br2N3S. The van der Waals surface area contributed by atoms with Gasteiger partial charge in [-0.05, 0) is 64.2 Å². The molecule has 3 nitrogen and oxygen atoms in total. The van der Waals surface area contributed by atoms with Crippen molar-refractivity contribution in [3.05, 3.63) is 19.2 Å². The molecule has 0 aliphatic carbocycles. The zero-order valence-corrected chi connectivity index (χ0v) is 15.7. The fourth-order valence-electron chi connectivity index (χ4n) is 3.59. The predicted octanol–water partition coefficient (Wildman–Crippen LogP) is 3.44. The molecule has 3 unspecified atom stereocenters. The van der Waals surface area contributed by atoms with Crippen LogP contribution in [0.15, 0.2) is 14.3 Å². The first-order valence-corrected chi connectivity index (χ1v) is 9.61. The summed E-state index contributed by atoms with van der Waals surface area (Å²) in [6.07, 6.45) is 3.99. The zero-order chi connectivity index (χ0) is 14.3. The quantitative estimate of drug-likeness (QED) is 0.809. The van der Waals surface area contributed by atoms with Crippen molar-refractivity contribution in [2.75, 3.05) is 26.7 Å². The van der Waals surface area contributed by atoms with E-state index in [0.717, 1.165) is 17.1 Å². The van der Waals surface area contributed by atoms with Gasteiger partial charge < -0.3 is 5.73 Å². The Bertz CT molecular complexity index is 459. The molecule has 0 spiro atoms. The standard InChI is InChI=1S/C14H21Br2N3S/c1-18-9-2-3-10(18)8-19(5-4-9)12(7-17)13-6-11(15)14(16)20-13/h6,9-10,12H,2-5,7-8,17H2,1H3. The van der Waals surface area contributed by atoms with Crippen LogP contribution in [0.5, 0.6) is 0 Å². The van der Waals surface area contributed by atoms with Crippen LogP contribution in [-0.4, -0.2) is 48.6 Å². The highest BCUT2D eigenvalue weighted by Gasteiger charge is 2.36. The van der Waals surface area contributed by atoms with Gasteiger partial charge in [0.05, 0.1) is 9.83 Å². The van der Waals surface area contributed by atoms with Crippen molar-refractivity contribution in [2.24, 2.45) is 5.73 Å². The number of thiophene rings is 1. The molecule has 1 aromatic rings. The molecule has 2 N–H and O–H groups in total. The summed E-state index contributed by atoms with van der Waals surface area (Å²) in [7, 11) is 2.29. The summed E-state index contributed by atoms with van der Waals surface area (Å²) in [6.45, 7) is 3.02. The lowest BCUT2D eigenvalue weighted by Crippen LogP contribution is -2.40. The van der Waals surface area contributed by atoms with Gasteiger partial charge in [0.1, 0.15) is 0 Å². The van der Waals surface area contributed by atoms with Gasteiger partial charge in [-0.25, -0.2) is 0 Å². The van der Waals surface area contributed by atoms with Crippen molar-refractivity contribution in [3.63, 3.8) is 0 Å². The van der Waals surface area contributed by atoms with Crippen molar-refractivity contribution in [3.8, 4) is 0 Å². The van der Waals surface area contributed by atoms with E-state index in [-0.39, 0.29) is 0 Å². The van der Waals surface area contributed by atoms with Crippen LogP contribution >= 0.6 is 43.2 Å². The lowest BCUT2D eigenvalue weighted by Gasteiger charge is -2.32. The Hall–Kier alpha value is 0.540. The third-order valence-corrected chi connectivity index (χ3v) is 8.19. The Morgan fingerprint density at radius 3 is 2.75 bits per heavy atom. The Labute approximate surface area is 141 Å². The number of rotatable bonds is 3. The van der Waals surface area contributed by atoms with Gasteiger partial charge in [0.2, 0.25) is 0 Å². The van der Waals surface area contributed by atoms with Crippen molar-refractivity contribution in [2.45, 2.75) is 37.4 Å². The summed E-state index contributed by atoms with van der Waals surface area (Å²) in [4.78, 5) is 6.56. The highest BCUT2D eigenvalue weighted by molar-refractivity contribution is 9.13. The molecule has 3 rings (SSSR count). The maximum Gasteiger partial charge on any atom is 0.0843 e. The summed E-state index contributed by atoms with van der Waals surface area (Å²) in [5.74, 6) is 0. The molecule has 20 heavy (non-hydrogen) atoms. The van der Waals surface area contributed by atoms with E-state index in [2.05, 4.69) is 54.8 Å². The van der Waals surface area contributed by atoms with E-state index >= 15 is 0 Å². The molecule has 2 aliphatic rings. The van der Waals surface area contributed by atoms with Gasteiger partial charge in [0, 0.05) is 41.1 Å².